The first-order chi connectivity index (χ1) is 13.7. The molecule has 0 aliphatic heterocycles. The van der Waals surface area contributed by atoms with Crippen LogP contribution in [0.5, 0.6) is 5.75 Å². The molecule has 1 N–H and O–H groups in total. The summed E-state index contributed by atoms with van der Waals surface area (Å²) in [6.07, 6.45) is 3.49. The third kappa shape index (κ3) is 5.87. The highest BCUT2D eigenvalue weighted by molar-refractivity contribution is 7.99. The zero-order valence-corrected chi connectivity index (χ0v) is 18.7. The molecule has 3 rings (SSSR count). The number of aromatic nitrogens is 1. The SMILES string of the molecule is CN(C)CSc1ccc(CCc2coc(-c3ccc(O)c(C(C)(C)C)c3)n2)cc1. The average Bonchev–Trinajstić information content (AvgIpc) is 3.14. The minimum atomic E-state index is -0.146. The monoisotopic (exact) mass is 410 g/mol. The van der Waals surface area contributed by atoms with Crippen molar-refractivity contribution in [3.05, 3.63) is 65.5 Å². The van der Waals surface area contributed by atoms with Crippen LogP contribution in [0.2, 0.25) is 0 Å². The molecule has 0 saturated carbocycles. The summed E-state index contributed by atoms with van der Waals surface area (Å²) in [4.78, 5) is 8.11. The Hall–Kier alpha value is -2.24. The summed E-state index contributed by atoms with van der Waals surface area (Å²) < 4.78 is 5.72. The van der Waals surface area contributed by atoms with Crippen LogP contribution in [-0.4, -0.2) is 35.0 Å². The molecule has 154 valence electrons. The fraction of sp³-hybridized carbons (Fsp3) is 0.375. The number of aryl methyl sites for hydroxylation is 2. The van der Waals surface area contributed by atoms with Gasteiger partial charge in [0.05, 0.1) is 5.69 Å². The van der Waals surface area contributed by atoms with Crippen LogP contribution in [-0.2, 0) is 18.3 Å². The van der Waals surface area contributed by atoms with E-state index in [2.05, 4.69) is 69.0 Å². The first-order valence-electron chi connectivity index (χ1n) is 9.87. The normalized spacial score (nSPS) is 11.9. The third-order valence-corrected chi connectivity index (χ3v) is 5.94. The Balaban J connectivity index is 1.64. The number of rotatable bonds is 7. The van der Waals surface area contributed by atoms with Crippen molar-refractivity contribution < 1.29 is 9.52 Å². The van der Waals surface area contributed by atoms with Gasteiger partial charge in [-0.2, -0.15) is 0 Å². The molecule has 0 saturated heterocycles. The van der Waals surface area contributed by atoms with Crippen LogP contribution in [0.3, 0.4) is 0 Å². The lowest BCUT2D eigenvalue weighted by Crippen LogP contribution is -2.11. The highest BCUT2D eigenvalue weighted by Gasteiger charge is 2.20. The number of hydrogen-bond acceptors (Lipinski definition) is 5. The number of thioether (sulfide) groups is 1. The molecular weight excluding hydrogens is 380 g/mol. The molecule has 2 aromatic carbocycles. The molecule has 4 nitrogen and oxygen atoms in total. The Morgan fingerprint density at radius 1 is 1.03 bits per heavy atom. The number of hydrogen-bond donors (Lipinski definition) is 1. The second-order valence-corrected chi connectivity index (χ2v) is 9.64. The van der Waals surface area contributed by atoms with Gasteiger partial charge in [-0.15, -0.1) is 11.8 Å². The number of oxazole rings is 1. The predicted molar refractivity (Wildman–Crippen MR) is 121 cm³/mol. The first kappa shape index (κ1) is 21.5. The van der Waals surface area contributed by atoms with Gasteiger partial charge in [-0.05, 0) is 68.2 Å². The molecule has 1 heterocycles. The predicted octanol–water partition coefficient (Wildman–Crippen LogP) is 5.74. The molecule has 0 atom stereocenters. The number of nitrogens with zero attached hydrogens (tertiary/aromatic N) is 2. The van der Waals surface area contributed by atoms with Crippen molar-refractivity contribution in [2.24, 2.45) is 0 Å². The lowest BCUT2D eigenvalue weighted by atomic mass is 9.85. The van der Waals surface area contributed by atoms with E-state index in [0.717, 1.165) is 35.5 Å². The molecule has 1 aromatic heterocycles. The van der Waals surface area contributed by atoms with Gasteiger partial charge in [0.25, 0.3) is 0 Å². The summed E-state index contributed by atoms with van der Waals surface area (Å²) >= 11 is 1.84. The number of phenolic OH excluding ortho intramolecular Hbond substituents is 1. The van der Waals surface area contributed by atoms with Gasteiger partial charge in [0.2, 0.25) is 5.89 Å². The maximum Gasteiger partial charge on any atom is 0.226 e. The van der Waals surface area contributed by atoms with Crippen LogP contribution in [0.1, 0.15) is 37.6 Å². The second-order valence-electron chi connectivity index (χ2n) is 8.62. The Kier molecular flexibility index (Phi) is 6.70. The smallest absolute Gasteiger partial charge is 0.226 e. The number of aromatic hydroxyl groups is 1. The fourth-order valence-corrected chi connectivity index (χ4v) is 3.79. The fourth-order valence-electron chi connectivity index (χ4n) is 3.05. The van der Waals surface area contributed by atoms with Crippen LogP contribution in [0.4, 0.5) is 0 Å². The number of benzene rings is 2. The van der Waals surface area contributed by atoms with Gasteiger partial charge >= 0.3 is 0 Å². The van der Waals surface area contributed by atoms with Gasteiger partial charge in [-0.3, -0.25) is 4.90 Å². The van der Waals surface area contributed by atoms with Crippen LogP contribution in [0, 0.1) is 0 Å². The van der Waals surface area contributed by atoms with Crippen LogP contribution < -0.4 is 0 Å². The highest BCUT2D eigenvalue weighted by atomic mass is 32.2. The largest absolute Gasteiger partial charge is 0.508 e. The summed E-state index contributed by atoms with van der Waals surface area (Å²) in [5, 5.41) is 10.2. The molecule has 3 aromatic rings. The summed E-state index contributed by atoms with van der Waals surface area (Å²) in [7, 11) is 4.16. The van der Waals surface area contributed by atoms with Gasteiger partial charge < -0.3 is 9.52 Å². The molecule has 29 heavy (non-hydrogen) atoms. The molecule has 0 aliphatic rings. The Morgan fingerprint density at radius 2 is 1.76 bits per heavy atom. The van der Waals surface area contributed by atoms with E-state index in [9.17, 15) is 5.11 Å². The summed E-state index contributed by atoms with van der Waals surface area (Å²) in [5.74, 6) is 1.89. The van der Waals surface area contributed by atoms with E-state index >= 15 is 0 Å². The minimum absolute atomic E-state index is 0.146. The van der Waals surface area contributed by atoms with Gasteiger partial charge in [0.1, 0.15) is 12.0 Å². The maximum absolute atomic E-state index is 10.2. The lowest BCUT2D eigenvalue weighted by Gasteiger charge is -2.20. The van der Waals surface area contributed by atoms with E-state index in [4.69, 9.17) is 4.42 Å². The van der Waals surface area contributed by atoms with Gasteiger partial charge in [-0.25, -0.2) is 4.98 Å². The van der Waals surface area contributed by atoms with Crippen LogP contribution in [0.25, 0.3) is 11.5 Å². The van der Waals surface area contributed by atoms with E-state index in [1.165, 1.54) is 10.5 Å². The number of phenols is 1. The van der Waals surface area contributed by atoms with Crippen LogP contribution in [0.15, 0.2) is 58.0 Å². The van der Waals surface area contributed by atoms with Crippen molar-refractivity contribution >= 4 is 11.8 Å². The molecule has 0 radical (unpaired) electrons. The summed E-state index contributed by atoms with van der Waals surface area (Å²) in [6, 6.07) is 14.3. The standard InChI is InChI=1S/C24H30N2O2S/c1-24(2,3)21-14-18(9-13-22(21)27)23-25-19(15-28-23)10-6-17-7-11-20(12-8-17)29-16-26(4)5/h7-9,11-15,27H,6,10,16H2,1-5H3. The summed E-state index contributed by atoms with van der Waals surface area (Å²) in [6.45, 7) is 6.24. The zero-order chi connectivity index (χ0) is 21.0. The van der Waals surface area contributed by atoms with Crippen molar-refractivity contribution in [2.45, 2.75) is 43.9 Å². The van der Waals surface area contributed by atoms with Gasteiger partial charge in [0, 0.05) is 21.9 Å². The second kappa shape index (κ2) is 9.06. The van der Waals surface area contributed by atoms with Crippen LogP contribution >= 0.6 is 11.8 Å². The topological polar surface area (TPSA) is 49.5 Å². The Bertz CT molecular complexity index is 940. The first-order valence-corrected chi connectivity index (χ1v) is 10.9. The molecule has 0 spiro atoms. The van der Waals surface area contributed by atoms with Crippen molar-refractivity contribution in [2.75, 3.05) is 20.0 Å². The van der Waals surface area contributed by atoms with E-state index in [1.807, 2.05) is 23.9 Å². The van der Waals surface area contributed by atoms with Gasteiger partial charge in [0.15, 0.2) is 0 Å². The van der Waals surface area contributed by atoms with Gasteiger partial charge in [-0.1, -0.05) is 32.9 Å². The third-order valence-electron chi connectivity index (χ3n) is 4.69. The van der Waals surface area contributed by atoms with E-state index in [1.54, 1.807) is 12.3 Å². The molecule has 5 heteroatoms. The van der Waals surface area contributed by atoms with Crippen molar-refractivity contribution in [1.82, 2.24) is 9.88 Å². The molecule has 0 bridgehead atoms. The zero-order valence-electron chi connectivity index (χ0n) is 17.9. The quantitative estimate of drug-likeness (QED) is 0.397. The molecule has 0 aliphatic carbocycles. The molecule has 0 unspecified atom stereocenters. The Labute approximate surface area is 178 Å². The minimum Gasteiger partial charge on any atom is -0.508 e. The lowest BCUT2D eigenvalue weighted by molar-refractivity contribution is 0.446. The highest BCUT2D eigenvalue weighted by Crippen LogP contribution is 2.34. The Morgan fingerprint density at radius 3 is 2.41 bits per heavy atom. The van der Waals surface area contributed by atoms with E-state index in [0.29, 0.717) is 11.6 Å². The average molecular weight is 411 g/mol. The van der Waals surface area contributed by atoms with Crippen molar-refractivity contribution in [3.8, 4) is 17.2 Å². The van der Waals surface area contributed by atoms with E-state index < -0.39 is 0 Å². The molecular formula is C24H30N2O2S. The maximum atomic E-state index is 10.2. The van der Waals surface area contributed by atoms with E-state index in [-0.39, 0.29) is 5.41 Å². The molecule has 0 fully saturated rings. The van der Waals surface area contributed by atoms with Crippen molar-refractivity contribution in [1.29, 1.82) is 0 Å². The summed E-state index contributed by atoms with van der Waals surface area (Å²) in [5.41, 5.74) is 3.87. The van der Waals surface area contributed by atoms with Crippen molar-refractivity contribution in [3.63, 3.8) is 0 Å². The molecule has 0 amide bonds.